The molecule has 2 amide bonds. The highest BCUT2D eigenvalue weighted by molar-refractivity contribution is 6.05. The van der Waals surface area contributed by atoms with Gasteiger partial charge < -0.3 is 9.64 Å². The number of amides is 2. The van der Waals surface area contributed by atoms with Crippen molar-refractivity contribution in [3.8, 4) is 5.75 Å². The molecule has 0 spiro atoms. The molecular weight excluding hydrogens is 294 g/mol. The van der Waals surface area contributed by atoms with Crippen molar-refractivity contribution >= 4 is 17.5 Å². The van der Waals surface area contributed by atoms with E-state index in [9.17, 15) is 9.59 Å². The van der Waals surface area contributed by atoms with Gasteiger partial charge in [0.05, 0.1) is 19.6 Å². The summed E-state index contributed by atoms with van der Waals surface area (Å²) in [5.74, 6) is 0.769. The molecule has 2 aliphatic heterocycles. The third-order valence-electron chi connectivity index (χ3n) is 4.71. The lowest BCUT2D eigenvalue weighted by atomic mass is 10.1. The van der Waals surface area contributed by atoms with E-state index in [0.29, 0.717) is 13.0 Å². The number of ether oxygens (including phenoxy) is 1. The Morgan fingerprint density at radius 3 is 2.52 bits per heavy atom. The molecule has 124 valence electrons. The molecule has 0 saturated carbocycles. The molecule has 3 rings (SSSR count). The zero-order valence-corrected chi connectivity index (χ0v) is 13.7. The molecule has 1 aromatic carbocycles. The maximum atomic E-state index is 12.3. The van der Waals surface area contributed by atoms with Gasteiger partial charge in [0.1, 0.15) is 5.75 Å². The molecule has 0 unspecified atom stereocenters. The maximum absolute atomic E-state index is 12.3. The van der Waals surface area contributed by atoms with Crippen LogP contribution in [-0.4, -0.2) is 67.5 Å². The van der Waals surface area contributed by atoms with Crippen LogP contribution in [0, 0.1) is 0 Å². The Labute approximate surface area is 136 Å². The van der Waals surface area contributed by atoms with Gasteiger partial charge in [0.15, 0.2) is 0 Å². The number of imide groups is 1. The molecule has 2 heterocycles. The van der Waals surface area contributed by atoms with Crippen molar-refractivity contribution in [3.63, 3.8) is 0 Å². The van der Waals surface area contributed by atoms with Gasteiger partial charge in [-0.1, -0.05) is 6.07 Å². The van der Waals surface area contributed by atoms with E-state index in [1.165, 1.54) is 4.90 Å². The van der Waals surface area contributed by atoms with Crippen molar-refractivity contribution in [2.24, 2.45) is 0 Å². The lowest BCUT2D eigenvalue weighted by Gasteiger charge is -2.38. The largest absolute Gasteiger partial charge is 0.497 e. The Kier molecular flexibility index (Phi) is 4.52. The smallest absolute Gasteiger partial charge is 0.247 e. The Balaban J connectivity index is 1.62. The zero-order chi connectivity index (χ0) is 16.4. The van der Waals surface area contributed by atoms with Crippen LogP contribution in [-0.2, 0) is 9.59 Å². The summed E-state index contributed by atoms with van der Waals surface area (Å²) in [4.78, 5) is 30.0. The first-order valence-corrected chi connectivity index (χ1v) is 8.11. The van der Waals surface area contributed by atoms with E-state index in [-0.39, 0.29) is 17.9 Å². The second-order valence-corrected chi connectivity index (χ2v) is 5.92. The second kappa shape index (κ2) is 6.58. The van der Waals surface area contributed by atoms with Gasteiger partial charge in [-0.05, 0) is 19.1 Å². The van der Waals surface area contributed by atoms with Gasteiger partial charge in [0, 0.05) is 44.5 Å². The van der Waals surface area contributed by atoms with E-state index >= 15 is 0 Å². The van der Waals surface area contributed by atoms with Crippen molar-refractivity contribution in [1.29, 1.82) is 0 Å². The summed E-state index contributed by atoms with van der Waals surface area (Å²) < 4.78 is 5.27. The van der Waals surface area contributed by atoms with Crippen LogP contribution in [0.5, 0.6) is 5.75 Å². The molecule has 23 heavy (non-hydrogen) atoms. The van der Waals surface area contributed by atoms with Gasteiger partial charge in [-0.15, -0.1) is 0 Å². The molecule has 0 aromatic heterocycles. The minimum atomic E-state index is -0.269. The van der Waals surface area contributed by atoms with Crippen LogP contribution < -0.4 is 9.64 Å². The van der Waals surface area contributed by atoms with Crippen LogP contribution in [0.15, 0.2) is 24.3 Å². The zero-order valence-electron chi connectivity index (χ0n) is 13.7. The van der Waals surface area contributed by atoms with Crippen molar-refractivity contribution in [1.82, 2.24) is 9.80 Å². The predicted octanol–water partition coefficient (Wildman–Crippen LogP) is 0.965. The summed E-state index contributed by atoms with van der Waals surface area (Å²) in [6.07, 6.45) is 0.325. The third kappa shape index (κ3) is 3.03. The lowest BCUT2D eigenvalue weighted by molar-refractivity contribution is -0.139. The standard InChI is InChI=1S/C17H23N3O3/c1-3-20-16(21)12-15(17(20)22)19-9-7-18(8-10-19)13-5-4-6-14(11-13)23-2/h4-6,11,15H,3,7-10,12H2,1-2H3/t15-/m0/s1. The van der Waals surface area contributed by atoms with Gasteiger partial charge in [-0.25, -0.2) is 0 Å². The Morgan fingerprint density at radius 1 is 1.17 bits per heavy atom. The number of anilines is 1. The molecule has 2 aliphatic rings. The number of nitrogens with zero attached hydrogens (tertiary/aromatic N) is 3. The Bertz CT molecular complexity index is 597. The molecule has 0 N–H and O–H groups in total. The molecule has 0 bridgehead atoms. The first kappa shape index (κ1) is 15.8. The molecule has 0 radical (unpaired) electrons. The number of piperazine rings is 1. The second-order valence-electron chi connectivity index (χ2n) is 5.92. The van der Waals surface area contributed by atoms with Crippen molar-refractivity contribution in [2.75, 3.05) is 44.7 Å². The number of rotatable bonds is 4. The fourth-order valence-corrected chi connectivity index (χ4v) is 3.38. The first-order valence-electron chi connectivity index (χ1n) is 8.11. The molecule has 1 atom stereocenters. The average Bonchev–Trinajstić information content (AvgIpc) is 2.89. The van der Waals surface area contributed by atoms with E-state index in [1.54, 1.807) is 7.11 Å². The topological polar surface area (TPSA) is 53.1 Å². The molecule has 6 nitrogen and oxygen atoms in total. The van der Waals surface area contributed by atoms with E-state index < -0.39 is 0 Å². The fourth-order valence-electron chi connectivity index (χ4n) is 3.38. The minimum absolute atomic E-state index is 0.0349. The van der Waals surface area contributed by atoms with Crippen LogP contribution in [0.3, 0.4) is 0 Å². The fraction of sp³-hybridized carbons (Fsp3) is 0.529. The number of carbonyl (C=O) groups excluding carboxylic acids is 2. The number of hydrogen-bond donors (Lipinski definition) is 0. The summed E-state index contributed by atoms with van der Waals surface area (Å²) in [7, 11) is 1.67. The van der Waals surface area contributed by atoms with E-state index in [1.807, 2.05) is 25.1 Å². The molecule has 1 aromatic rings. The SMILES string of the molecule is CCN1C(=O)C[C@H](N2CCN(c3cccc(OC)c3)CC2)C1=O. The van der Waals surface area contributed by atoms with Crippen molar-refractivity contribution in [2.45, 2.75) is 19.4 Å². The normalized spacial score (nSPS) is 22.8. The highest BCUT2D eigenvalue weighted by Crippen LogP contribution is 2.24. The molecule has 2 fully saturated rings. The summed E-state index contributed by atoms with van der Waals surface area (Å²) in [6, 6.07) is 7.75. The van der Waals surface area contributed by atoms with Gasteiger partial charge in [0.2, 0.25) is 11.8 Å². The highest BCUT2D eigenvalue weighted by atomic mass is 16.5. The summed E-state index contributed by atoms with van der Waals surface area (Å²) in [6.45, 7) is 5.59. The van der Waals surface area contributed by atoms with Crippen LogP contribution in [0.2, 0.25) is 0 Å². The van der Waals surface area contributed by atoms with E-state index in [0.717, 1.165) is 37.6 Å². The van der Waals surface area contributed by atoms with E-state index in [2.05, 4.69) is 15.9 Å². The number of benzene rings is 1. The number of likely N-dealkylation sites (N-methyl/N-ethyl adjacent to an activating group) is 1. The van der Waals surface area contributed by atoms with Crippen LogP contribution >= 0.6 is 0 Å². The van der Waals surface area contributed by atoms with Crippen LogP contribution in [0.1, 0.15) is 13.3 Å². The lowest BCUT2D eigenvalue weighted by Crippen LogP contribution is -2.52. The minimum Gasteiger partial charge on any atom is -0.497 e. The molecular formula is C17H23N3O3. The van der Waals surface area contributed by atoms with Crippen molar-refractivity contribution in [3.05, 3.63) is 24.3 Å². The first-order chi connectivity index (χ1) is 11.1. The van der Waals surface area contributed by atoms with Crippen LogP contribution in [0.4, 0.5) is 5.69 Å². The quantitative estimate of drug-likeness (QED) is 0.775. The summed E-state index contributed by atoms with van der Waals surface area (Å²) in [5, 5.41) is 0. The van der Waals surface area contributed by atoms with Crippen molar-refractivity contribution < 1.29 is 14.3 Å². The molecule has 6 heteroatoms. The number of carbonyl (C=O) groups is 2. The average molecular weight is 317 g/mol. The van der Waals surface area contributed by atoms with Gasteiger partial charge in [-0.3, -0.25) is 19.4 Å². The van der Waals surface area contributed by atoms with Gasteiger partial charge in [-0.2, -0.15) is 0 Å². The molecule has 2 saturated heterocycles. The Morgan fingerprint density at radius 2 is 1.91 bits per heavy atom. The number of hydrogen-bond acceptors (Lipinski definition) is 5. The Hall–Kier alpha value is -2.08. The summed E-state index contributed by atoms with van der Waals surface area (Å²) >= 11 is 0. The number of likely N-dealkylation sites (tertiary alicyclic amines) is 1. The van der Waals surface area contributed by atoms with Gasteiger partial charge in [0.25, 0.3) is 0 Å². The number of methoxy groups -OCH3 is 1. The van der Waals surface area contributed by atoms with E-state index in [4.69, 9.17) is 4.74 Å². The maximum Gasteiger partial charge on any atom is 0.247 e. The predicted molar refractivity (Wildman–Crippen MR) is 87.6 cm³/mol. The summed E-state index contributed by atoms with van der Waals surface area (Å²) in [5.41, 5.74) is 1.13. The molecule has 0 aliphatic carbocycles. The monoisotopic (exact) mass is 317 g/mol. The third-order valence-corrected chi connectivity index (χ3v) is 4.71. The highest BCUT2D eigenvalue weighted by Gasteiger charge is 2.41. The van der Waals surface area contributed by atoms with Gasteiger partial charge >= 0.3 is 0 Å². The van der Waals surface area contributed by atoms with Crippen LogP contribution in [0.25, 0.3) is 0 Å².